The van der Waals surface area contributed by atoms with Crippen molar-refractivity contribution in [2.24, 2.45) is 0 Å². The van der Waals surface area contributed by atoms with E-state index in [0.717, 1.165) is 36.4 Å². The summed E-state index contributed by atoms with van der Waals surface area (Å²) in [6.45, 7) is 1.20. The first-order valence-corrected chi connectivity index (χ1v) is 11.5. The molecule has 0 amide bonds. The fourth-order valence-corrected chi connectivity index (χ4v) is 5.96. The topological polar surface area (TPSA) is 71.5 Å². The lowest BCUT2D eigenvalue weighted by molar-refractivity contribution is -0.138. The highest BCUT2D eigenvalue weighted by Crippen LogP contribution is 2.34. The second kappa shape index (κ2) is 8.44. The van der Waals surface area contributed by atoms with Crippen molar-refractivity contribution in [3.8, 4) is 5.88 Å². The highest BCUT2D eigenvalue weighted by atomic mass is 32.2. The number of pyridine rings is 1. The highest BCUT2D eigenvalue weighted by molar-refractivity contribution is 7.92. The van der Waals surface area contributed by atoms with Gasteiger partial charge in [0.05, 0.1) is 16.0 Å². The third-order valence-electron chi connectivity index (χ3n) is 5.70. The van der Waals surface area contributed by atoms with Crippen molar-refractivity contribution < 1.29 is 39.5 Å². The number of fused-ring (bicyclic) bond motifs is 1. The van der Waals surface area contributed by atoms with Gasteiger partial charge in [-0.15, -0.1) is 0 Å². The first-order valence-electron chi connectivity index (χ1n) is 9.94. The second-order valence-electron chi connectivity index (χ2n) is 7.86. The molecular formula is C20H19F6N3O3S. The summed E-state index contributed by atoms with van der Waals surface area (Å²) in [7, 11) is -4.01. The van der Waals surface area contributed by atoms with Gasteiger partial charge >= 0.3 is 12.4 Å². The lowest BCUT2D eigenvalue weighted by atomic mass is 10.1. The van der Waals surface area contributed by atoms with Crippen LogP contribution >= 0.6 is 0 Å². The van der Waals surface area contributed by atoms with E-state index in [2.05, 4.69) is 10.3 Å². The van der Waals surface area contributed by atoms with Crippen LogP contribution in [0.1, 0.15) is 17.5 Å². The van der Waals surface area contributed by atoms with Gasteiger partial charge in [0.25, 0.3) is 0 Å². The lowest BCUT2D eigenvalue weighted by Gasteiger charge is -2.36. The molecule has 0 saturated carbocycles. The van der Waals surface area contributed by atoms with E-state index in [1.807, 2.05) is 4.90 Å². The van der Waals surface area contributed by atoms with Gasteiger partial charge in [-0.2, -0.15) is 26.3 Å². The summed E-state index contributed by atoms with van der Waals surface area (Å²) in [6, 6.07) is 4.76. The van der Waals surface area contributed by atoms with Gasteiger partial charge in [0.15, 0.2) is 9.84 Å². The SMILES string of the molecule is O=S(=O)(c1ccc(C(F)(F)F)cc1)C1NCCN2CC(Oc3ccc(C(F)(F)F)cn3)CC12. The number of sulfone groups is 1. The molecule has 3 heterocycles. The van der Waals surface area contributed by atoms with E-state index in [1.54, 1.807) is 0 Å². The Hall–Kier alpha value is -2.38. The Balaban J connectivity index is 1.48. The first-order chi connectivity index (χ1) is 15.4. The lowest BCUT2D eigenvalue weighted by Crippen LogP contribution is -2.58. The molecule has 3 unspecified atom stereocenters. The predicted octanol–water partition coefficient (Wildman–Crippen LogP) is 3.34. The number of hydrogen-bond acceptors (Lipinski definition) is 6. The van der Waals surface area contributed by atoms with Crippen molar-refractivity contribution in [2.75, 3.05) is 19.6 Å². The van der Waals surface area contributed by atoms with Crippen LogP contribution < -0.4 is 10.1 Å². The summed E-state index contributed by atoms with van der Waals surface area (Å²) in [5.41, 5.74) is -1.86. The number of aromatic nitrogens is 1. The maximum Gasteiger partial charge on any atom is 0.417 e. The van der Waals surface area contributed by atoms with Gasteiger partial charge in [0.1, 0.15) is 11.5 Å². The van der Waals surface area contributed by atoms with Gasteiger partial charge < -0.3 is 4.74 Å². The second-order valence-corrected chi connectivity index (χ2v) is 9.93. The number of nitrogens with one attached hydrogen (secondary N) is 1. The number of rotatable bonds is 4. The molecule has 33 heavy (non-hydrogen) atoms. The zero-order valence-electron chi connectivity index (χ0n) is 16.9. The zero-order chi connectivity index (χ0) is 24.0. The highest BCUT2D eigenvalue weighted by Gasteiger charge is 2.46. The molecule has 2 aromatic rings. The molecule has 4 rings (SSSR count). The van der Waals surface area contributed by atoms with Crippen LogP contribution in [0.15, 0.2) is 47.5 Å². The molecule has 0 bridgehead atoms. The Bertz CT molecular complexity index is 1090. The summed E-state index contributed by atoms with van der Waals surface area (Å²) in [4.78, 5) is 5.34. The van der Waals surface area contributed by atoms with Crippen molar-refractivity contribution >= 4 is 9.84 Å². The van der Waals surface area contributed by atoms with E-state index in [1.165, 1.54) is 0 Å². The quantitative estimate of drug-likeness (QED) is 0.657. The average molecular weight is 495 g/mol. The fraction of sp³-hybridized carbons (Fsp3) is 0.450. The molecule has 0 spiro atoms. The van der Waals surface area contributed by atoms with E-state index in [0.29, 0.717) is 25.8 Å². The van der Waals surface area contributed by atoms with E-state index >= 15 is 0 Å². The van der Waals surface area contributed by atoms with Crippen LogP contribution in [0, 0.1) is 0 Å². The number of alkyl halides is 6. The minimum absolute atomic E-state index is 0.0112. The van der Waals surface area contributed by atoms with Crippen LogP contribution in [-0.2, 0) is 22.2 Å². The van der Waals surface area contributed by atoms with E-state index in [4.69, 9.17) is 4.74 Å². The molecule has 2 fully saturated rings. The minimum Gasteiger partial charge on any atom is -0.473 e. The maximum atomic E-state index is 13.2. The van der Waals surface area contributed by atoms with Gasteiger partial charge in [0.2, 0.25) is 5.88 Å². The maximum absolute atomic E-state index is 13.2. The molecule has 1 N–H and O–H groups in total. The summed E-state index contributed by atoms with van der Waals surface area (Å²) in [6.07, 6.45) is -8.70. The molecule has 2 aliphatic heterocycles. The normalized spacial score (nSPS) is 24.5. The molecular weight excluding hydrogens is 476 g/mol. The van der Waals surface area contributed by atoms with Gasteiger partial charge in [-0.1, -0.05) is 0 Å². The van der Waals surface area contributed by atoms with Crippen molar-refractivity contribution in [3.05, 3.63) is 53.7 Å². The smallest absolute Gasteiger partial charge is 0.417 e. The molecule has 1 aromatic carbocycles. The number of benzene rings is 1. The zero-order valence-corrected chi connectivity index (χ0v) is 17.7. The standard InChI is InChI=1S/C20H19F6N3O3S/c21-19(22,23)12-1-4-15(5-2-12)33(30,31)18-16-9-14(11-29(16)8-7-27-18)32-17-6-3-13(10-28-17)20(24,25)26/h1-6,10,14,16,18,27H,7-9,11H2. The molecule has 2 aliphatic rings. The third kappa shape index (κ3) is 4.94. The molecule has 0 radical (unpaired) electrons. The number of ether oxygens (including phenoxy) is 1. The van der Waals surface area contributed by atoms with Crippen molar-refractivity contribution in [1.82, 2.24) is 15.2 Å². The van der Waals surface area contributed by atoms with E-state index in [9.17, 15) is 34.8 Å². The number of halogens is 6. The summed E-state index contributed by atoms with van der Waals surface area (Å²) < 4.78 is 109. The number of nitrogens with zero attached hydrogens (tertiary/aromatic N) is 2. The first kappa shape index (κ1) is 23.8. The largest absolute Gasteiger partial charge is 0.473 e. The van der Waals surface area contributed by atoms with Gasteiger partial charge in [-0.3, -0.25) is 10.2 Å². The van der Waals surface area contributed by atoms with Gasteiger partial charge in [-0.05, 0) is 30.3 Å². The minimum atomic E-state index is -4.58. The van der Waals surface area contributed by atoms with Gasteiger partial charge in [-0.25, -0.2) is 13.4 Å². The van der Waals surface area contributed by atoms with Crippen LogP contribution in [0.4, 0.5) is 26.3 Å². The molecule has 6 nitrogen and oxygen atoms in total. The van der Waals surface area contributed by atoms with Crippen LogP contribution in [-0.4, -0.2) is 55.5 Å². The van der Waals surface area contributed by atoms with Crippen LogP contribution in [0.25, 0.3) is 0 Å². The van der Waals surface area contributed by atoms with Crippen LogP contribution in [0.3, 0.4) is 0 Å². The molecule has 0 aliphatic carbocycles. The van der Waals surface area contributed by atoms with Gasteiger partial charge in [0, 0.05) is 44.4 Å². The average Bonchev–Trinajstić information content (AvgIpc) is 3.15. The third-order valence-corrected chi connectivity index (χ3v) is 7.78. The Labute approximate surface area is 185 Å². The van der Waals surface area contributed by atoms with E-state index < -0.39 is 50.8 Å². The van der Waals surface area contributed by atoms with Crippen LogP contribution in [0.2, 0.25) is 0 Å². The fourth-order valence-electron chi connectivity index (χ4n) is 4.12. The Kier molecular flexibility index (Phi) is 6.08. The monoisotopic (exact) mass is 495 g/mol. The summed E-state index contributed by atoms with van der Waals surface area (Å²) in [5, 5.41) is 1.86. The molecule has 2 saturated heterocycles. The Morgan fingerprint density at radius 3 is 2.18 bits per heavy atom. The van der Waals surface area contributed by atoms with Crippen LogP contribution in [0.5, 0.6) is 5.88 Å². The van der Waals surface area contributed by atoms with Crippen molar-refractivity contribution in [2.45, 2.75) is 41.2 Å². The Morgan fingerprint density at radius 2 is 1.61 bits per heavy atom. The molecule has 180 valence electrons. The van der Waals surface area contributed by atoms with Crippen molar-refractivity contribution in [3.63, 3.8) is 0 Å². The number of piperazine rings is 1. The van der Waals surface area contributed by atoms with E-state index in [-0.39, 0.29) is 17.2 Å². The molecule has 13 heteroatoms. The molecule has 1 aromatic heterocycles. The summed E-state index contributed by atoms with van der Waals surface area (Å²) >= 11 is 0. The number of hydrogen-bond donors (Lipinski definition) is 1. The predicted molar refractivity (Wildman–Crippen MR) is 104 cm³/mol. The van der Waals surface area contributed by atoms with Crippen molar-refractivity contribution in [1.29, 1.82) is 0 Å². The molecule has 3 atom stereocenters. The Morgan fingerprint density at radius 1 is 0.970 bits per heavy atom. The summed E-state index contributed by atoms with van der Waals surface area (Å²) in [5.74, 6) is -0.0112.